The summed E-state index contributed by atoms with van der Waals surface area (Å²) in [6, 6.07) is 25.6. The fourth-order valence-corrected chi connectivity index (χ4v) is 6.33. The van der Waals surface area contributed by atoms with Gasteiger partial charge in [0.2, 0.25) is 5.88 Å². The minimum atomic E-state index is -0.524. The van der Waals surface area contributed by atoms with Crippen LogP contribution in [-0.4, -0.2) is 12.3 Å². The molecule has 39 heavy (non-hydrogen) atoms. The van der Waals surface area contributed by atoms with Crippen LogP contribution in [0.15, 0.2) is 105 Å². The molecule has 5 heteroatoms. The molecule has 1 unspecified atom stereocenters. The average molecular weight is 516 g/mol. The van der Waals surface area contributed by atoms with E-state index in [-0.39, 0.29) is 16.6 Å². The number of carbonyl (C=O) groups is 1. The lowest BCUT2D eigenvalue weighted by Gasteiger charge is -2.43. The second-order valence-corrected chi connectivity index (χ2v) is 11.6. The van der Waals surface area contributed by atoms with Gasteiger partial charge in [0.05, 0.1) is 23.4 Å². The number of para-hydroxylation sites is 1. The zero-order chi connectivity index (χ0) is 26.9. The predicted molar refractivity (Wildman–Crippen MR) is 153 cm³/mol. The molecule has 194 valence electrons. The first-order valence-electron chi connectivity index (χ1n) is 13.4. The SMILES string of the molecule is Cc1ccc2oc3c(c(=O)c2c1)C1C(=C(c2ccccc2)OC2=C1C(=O)CC(C)(C)C2)CN3c1ccccc1. The number of ketones is 1. The van der Waals surface area contributed by atoms with Crippen molar-refractivity contribution in [3.05, 3.63) is 123 Å². The lowest BCUT2D eigenvalue weighted by Crippen LogP contribution is -2.40. The summed E-state index contributed by atoms with van der Waals surface area (Å²) >= 11 is 0. The Balaban J connectivity index is 1.59. The van der Waals surface area contributed by atoms with E-state index in [1.807, 2.05) is 90.7 Å². The topological polar surface area (TPSA) is 59.8 Å². The summed E-state index contributed by atoms with van der Waals surface area (Å²) in [5, 5.41) is 0.529. The van der Waals surface area contributed by atoms with Crippen LogP contribution in [0.25, 0.3) is 16.7 Å². The lowest BCUT2D eigenvalue weighted by molar-refractivity contribution is -0.118. The molecule has 1 aromatic heterocycles. The minimum Gasteiger partial charge on any atom is -0.461 e. The number of allylic oxidation sites excluding steroid dienone is 2. The molecule has 7 rings (SSSR count). The molecule has 0 spiro atoms. The number of anilines is 2. The number of rotatable bonds is 2. The van der Waals surface area contributed by atoms with Gasteiger partial charge in [0, 0.05) is 35.2 Å². The maximum absolute atomic E-state index is 14.4. The molecule has 0 bridgehead atoms. The van der Waals surface area contributed by atoms with Crippen LogP contribution in [0.4, 0.5) is 11.6 Å². The number of fused-ring (bicyclic) bond motifs is 5. The van der Waals surface area contributed by atoms with Crippen molar-refractivity contribution < 1.29 is 13.9 Å². The van der Waals surface area contributed by atoms with Gasteiger partial charge in [-0.25, -0.2) is 0 Å². The normalized spacial score (nSPS) is 19.9. The number of hydrogen-bond donors (Lipinski definition) is 0. The van der Waals surface area contributed by atoms with E-state index < -0.39 is 5.92 Å². The molecule has 0 N–H and O–H groups in total. The molecule has 0 amide bonds. The third-order valence-corrected chi connectivity index (χ3v) is 8.06. The van der Waals surface area contributed by atoms with Gasteiger partial charge >= 0.3 is 0 Å². The summed E-state index contributed by atoms with van der Waals surface area (Å²) in [5.41, 5.74) is 5.05. The largest absolute Gasteiger partial charge is 0.461 e. The molecule has 3 aromatic carbocycles. The smallest absolute Gasteiger partial charge is 0.208 e. The molecule has 5 nitrogen and oxygen atoms in total. The highest BCUT2D eigenvalue weighted by Gasteiger charge is 2.48. The van der Waals surface area contributed by atoms with Crippen molar-refractivity contribution in [3.8, 4) is 0 Å². The Morgan fingerprint density at radius 3 is 2.36 bits per heavy atom. The van der Waals surface area contributed by atoms with Crippen molar-refractivity contribution in [2.75, 3.05) is 11.4 Å². The first-order valence-corrected chi connectivity index (χ1v) is 13.4. The van der Waals surface area contributed by atoms with Gasteiger partial charge in [0.25, 0.3) is 0 Å². The minimum absolute atomic E-state index is 0.0405. The zero-order valence-electron chi connectivity index (χ0n) is 22.3. The maximum atomic E-state index is 14.4. The van der Waals surface area contributed by atoms with Crippen molar-refractivity contribution in [1.29, 1.82) is 0 Å². The van der Waals surface area contributed by atoms with E-state index in [4.69, 9.17) is 9.15 Å². The third kappa shape index (κ3) is 3.75. The van der Waals surface area contributed by atoms with Crippen LogP contribution in [0.1, 0.15) is 49.3 Å². The number of ether oxygens (including phenoxy) is 1. The van der Waals surface area contributed by atoms with E-state index in [1.54, 1.807) is 0 Å². The highest BCUT2D eigenvalue weighted by Crippen LogP contribution is 2.54. The molecule has 2 aliphatic heterocycles. The molecular formula is C34H29NO4. The Labute approximate surface area is 227 Å². The number of aryl methyl sites for hydroxylation is 1. The summed E-state index contributed by atoms with van der Waals surface area (Å²) in [5.74, 6) is 1.41. The number of Topliss-reactive ketones (excluding diaryl/α,β-unsaturated/α-hetero) is 1. The van der Waals surface area contributed by atoms with Crippen molar-refractivity contribution in [2.24, 2.45) is 5.41 Å². The van der Waals surface area contributed by atoms with Crippen molar-refractivity contribution in [2.45, 2.75) is 39.5 Å². The Morgan fingerprint density at radius 1 is 0.897 bits per heavy atom. The monoisotopic (exact) mass is 515 g/mol. The molecule has 0 radical (unpaired) electrons. The van der Waals surface area contributed by atoms with Gasteiger partial charge in [-0.05, 0) is 36.6 Å². The summed E-state index contributed by atoms with van der Waals surface area (Å²) in [7, 11) is 0. The van der Waals surface area contributed by atoms with Gasteiger partial charge in [-0.3, -0.25) is 9.59 Å². The Bertz CT molecular complexity index is 1780. The van der Waals surface area contributed by atoms with E-state index in [1.165, 1.54) is 0 Å². The van der Waals surface area contributed by atoms with Gasteiger partial charge in [-0.2, -0.15) is 0 Å². The van der Waals surface area contributed by atoms with Crippen LogP contribution in [0.3, 0.4) is 0 Å². The molecule has 3 heterocycles. The van der Waals surface area contributed by atoms with E-state index in [2.05, 4.69) is 13.8 Å². The number of carbonyl (C=O) groups excluding carboxylic acids is 1. The molecule has 0 saturated carbocycles. The van der Waals surface area contributed by atoms with E-state index in [0.29, 0.717) is 53.1 Å². The Hall–Kier alpha value is -4.38. The average Bonchev–Trinajstić information content (AvgIpc) is 2.92. The van der Waals surface area contributed by atoms with Gasteiger partial charge in [-0.15, -0.1) is 0 Å². The third-order valence-electron chi connectivity index (χ3n) is 8.06. The first kappa shape index (κ1) is 23.7. The molecular weight excluding hydrogens is 486 g/mol. The number of benzene rings is 3. The summed E-state index contributed by atoms with van der Waals surface area (Å²) in [6.45, 7) is 6.58. The van der Waals surface area contributed by atoms with Crippen molar-refractivity contribution in [1.82, 2.24) is 0 Å². The Kier molecular flexibility index (Phi) is 5.21. The van der Waals surface area contributed by atoms with Gasteiger partial charge in [0.1, 0.15) is 17.1 Å². The zero-order valence-corrected chi connectivity index (χ0v) is 22.3. The molecule has 4 aromatic rings. The van der Waals surface area contributed by atoms with Crippen LogP contribution < -0.4 is 10.3 Å². The van der Waals surface area contributed by atoms with Crippen LogP contribution >= 0.6 is 0 Å². The van der Waals surface area contributed by atoms with Crippen LogP contribution in [0, 0.1) is 12.3 Å². The van der Waals surface area contributed by atoms with Crippen LogP contribution in [0.5, 0.6) is 0 Å². The summed E-state index contributed by atoms with van der Waals surface area (Å²) < 4.78 is 13.2. The molecule has 0 fully saturated rings. The standard InChI is InChI=1S/C34H29NO4/c1-20-14-15-26-23(16-20)31(37)30-28-24(19-35(33(30)39-26)22-12-8-5-9-13-22)32(21-10-6-4-7-11-21)38-27-18-34(2,3)17-25(36)29(27)28/h4-16,28H,17-19H2,1-3H3. The predicted octanol–water partition coefficient (Wildman–Crippen LogP) is 7.42. The molecule has 1 atom stereocenters. The lowest BCUT2D eigenvalue weighted by atomic mass is 9.68. The molecule has 3 aliphatic rings. The van der Waals surface area contributed by atoms with E-state index in [9.17, 15) is 9.59 Å². The van der Waals surface area contributed by atoms with Gasteiger partial charge < -0.3 is 14.1 Å². The van der Waals surface area contributed by atoms with Crippen molar-refractivity contribution >= 4 is 34.1 Å². The van der Waals surface area contributed by atoms with Crippen LogP contribution in [-0.2, 0) is 9.53 Å². The number of nitrogens with zero attached hydrogens (tertiary/aromatic N) is 1. The van der Waals surface area contributed by atoms with Gasteiger partial charge in [0.15, 0.2) is 11.2 Å². The highest BCUT2D eigenvalue weighted by atomic mass is 16.5. The van der Waals surface area contributed by atoms with Crippen LogP contribution in [0.2, 0.25) is 0 Å². The molecule has 1 aliphatic carbocycles. The fourth-order valence-electron chi connectivity index (χ4n) is 6.33. The van der Waals surface area contributed by atoms with E-state index in [0.717, 1.165) is 28.1 Å². The van der Waals surface area contributed by atoms with Gasteiger partial charge in [-0.1, -0.05) is 74.0 Å². The van der Waals surface area contributed by atoms with E-state index >= 15 is 0 Å². The number of hydrogen-bond acceptors (Lipinski definition) is 5. The summed E-state index contributed by atoms with van der Waals surface area (Å²) in [4.78, 5) is 30.3. The highest BCUT2D eigenvalue weighted by molar-refractivity contribution is 6.02. The Morgan fingerprint density at radius 2 is 1.62 bits per heavy atom. The second-order valence-electron chi connectivity index (χ2n) is 11.6. The quantitative estimate of drug-likeness (QED) is 0.278. The maximum Gasteiger partial charge on any atom is 0.208 e. The van der Waals surface area contributed by atoms with Crippen molar-refractivity contribution in [3.63, 3.8) is 0 Å². The summed E-state index contributed by atoms with van der Waals surface area (Å²) in [6.07, 6.45) is 1.04. The second kappa shape index (κ2) is 8.57. The fraction of sp³-hybridized carbons (Fsp3) is 0.235. The first-order chi connectivity index (χ1) is 18.8. The molecule has 0 saturated heterocycles.